The molecule has 4 nitrogen and oxygen atoms in total. The zero-order valence-electron chi connectivity index (χ0n) is 8.43. The Kier molecular flexibility index (Phi) is 3.45. The second kappa shape index (κ2) is 4.83. The highest BCUT2D eigenvalue weighted by molar-refractivity contribution is 7.11. The lowest BCUT2D eigenvalue weighted by atomic mass is 10.1. The molecular formula is C10H14N2O2S. The van der Waals surface area contributed by atoms with Crippen molar-refractivity contribution in [1.29, 1.82) is 0 Å². The summed E-state index contributed by atoms with van der Waals surface area (Å²) in [4.78, 5) is 17.8. The number of rotatable bonds is 3. The van der Waals surface area contributed by atoms with Crippen LogP contribution in [0.3, 0.4) is 0 Å². The number of piperidine rings is 1. The smallest absolute Gasteiger partial charge is 0.205 e. The van der Waals surface area contributed by atoms with Gasteiger partial charge in [-0.05, 0) is 12.8 Å². The molecule has 0 atom stereocenters. The summed E-state index contributed by atoms with van der Waals surface area (Å²) in [6.45, 7) is 2.04. The van der Waals surface area contributed by atoms with E-state index in [4.69, 9.17) is 0 Å². The van der Waals surface area contributed by atoms with Crippen LogP contribution in [0.15, 0.2) is 11.6 Å². The summed E-state index contributed by atoms with van der Waals surface area (Å²) < 4.78 is 0. The van der Waals surface area contributed by atoms with Crippen LogP contribution in [0.1, 0.15) is 22.6 Å². The van der Waals surface area contributed by atoms with E-state index in [-0.39, 0.29) is 11.9 Å². The van der Waals surface area contributed by atoms with Gasteiger partial charge in [-0.25, -0.2) is 4.98 Å². The predicted octanol–water partition coefficient (Wildman–Crippen LogP) is 0.782. The van der Waals surface area contributed by atoms with E-state index in [9.17, 15) is 9.90 Å². The summed E-state index contributed by atoms with van der Waals surface area (Å²) in [5, 5.41) is 11.7. The normalized spacial score (nSPS) is 19.3. The molecule has 0 amide bonds. The number of hydrogen-bond donors (Lipinski definition) is 1. The van der Waals surface area contributed by atoms with Crippen molar-refractivity contribution in [3.8, 4) is 0 Å². The van der Waals surface area contributed by atoms with E-state index < -0.39 is 0 Å². The Labute approximate surface area is 92.6 Å². The average Bonchev–Trinajstić information content (AvgIpc) is 2.74. The quantitative estimate of drug-likeness (QED) is 0.774. The van der Waals surface area contributed by atoms with Crippen LogP contribution in [0.25, 0.3) is 0 Å². The lowest BCUT2D eigenvalue weighted by molar-refractivity contribution is 0.0711. The van der Waals surface area contributed by atoms with Crippen LogP contribution in [-0.4, -0.2) is 46.5 Å². The summed E-state index contributed by atoms with van der Waals surface area (Å²) in [6.07, 6.45) is 3.00. The molecule has 0 radical (unpaired) electrons. The molecule has 15 heavy (non-hydrogen) atoms. The van der Waals surface area contributed by atoms with Gasteiger partial charge in [-0.2, -0.15) is 0 Å². The number of hydrogen-bond acceptors (Lipinski definition) is 5. The average molecular weight is 226 g/mol. The van der Waals surface area contributed by atoms with Crippen molar-refractivity contribution in [2.45, 2.75) is 18.9 Å². The Bertz CT molecular complexity index is 318. The van der Waals surface area contributed by atoms with Crippen LogP contribution in [0.2, 0.25) is 0 Å². The van der Waals surface area contributed by atoms with Crippen molar-refractivity contribution >= 4 is 17.1 Å². The van der Waals surface area contributed by atoms with Crippen molar-refractivity contribution in [3.05, 3.63) is 16.6 Å². The first-order valence-electron chi connectivity index (χ1n) is 5.09. The molecule has 0 spiro atoms. The van der Waals surface area contributed by atoms with Gasteiger partial charge in [-0.3, -0.25) is 9.69 Å². The van der Waals surface area contributed by atoms with Crippen molar-refractivity contribution in [3.63, 3.8) is 0 Å². The predicted molar refractivity (Wildman–Crippen MR) is 58.1 cm³/mol. The maximum Gasteiger partial charge on any atom is 0.205 e. The molecule has 2 rings (SSSR count). The number of aliphatic hydroxyl groups is 1. The molecule has 0 aliphatic carbocycles. The maximum atomic E-state index is 11.7. The third-order valence-corrected chi connectivity index (χ3v) is 3.41. The molecule has 1 aromatic rings. The van der Waals surface area contributed by atoms with Gasteiger partial charge in [0.15, 0.2) is 5.01 Å². The van der Waals surface area contributed by atoms with Gasteiger partial charge < -0.3 is 5.11 Å². The Morgan fingerprint density at radius 3 is 2.93 bits per heavy atom. The number of Topliss-reactive ketones (excluding diaryl/α,β-unsaturated/α-hetero) is 1. The van der Waals surface area contributed by atoms with E-state index in [0.29, 0.717) is 11.6 Å². The number of nitrogens with zero attached hydrogens (tertiary/aromatic N) is 2. The van der Waals surface area contributed by atoms with Crippen LogP contribution in [0.4, 0.5) is 0 Å². The summed E-state index contributed by atoms with van der Waals surface area (Å²) in [6, 6.07) is 0. The molecule has 1 saturated heterocycles. The standard InChI is InChI=1S/C10H14N2O2S/c13-8-1-4-12(5-2-8)7-9(14)10-11-3-6-15-10/h3,6,8,13H,1-2,4-5,7H2. The molecule has 2 heterocycles. The van der Waals surface area contributed by atoms with E-state index in [1.807, 2.05) is 5.38 Å². The van der Waals surface area contributed by atoms with E-state index >= 15 is 0 Å². The summed E-state index contributed by atoms with van der Waals surface area (Å²) in [5.41, 5.74) is 0. The van der Waals surface area contributed by atoms with Crippen LogP contribution < -0.4 is 0 Å². The van der Waals surface area contributed by atoms with Crippen LogP contribution >= 0.6 is 11.3 Å². The highest BCUT2D eigenvalue weighted by atomic mass is 32.1. The van der Waals surface area contributed by atoms with Gasteiger partial charge in [0.25, 0.3) is 0 Å². The number of thiazole rings is 1. The minimum absolute atomic E-state index is 0.0846. The largest absolute Gasteiger partial charge is 0.393 e. The van der Waals surface area contributed by atoms with Crippen molar-refractivity contribution in [1.82, 2.24) is 9.88 Å². The molecule has 1 aromatic heterocycles. The molecule has 0 aromatic carbocycles. The van der Waals surface area contributed by atoms with Crippen LogP contribution in [-0.2, 0) is 0 Å². The monoisotopic (exact) mass is 226 g/mol. The van der Waals surface area contributed by atoms with Gasteiger partial charge in [-0.1, -0.05) is 0 Å². The number of ketones is 1. The summed E-state index contributed by atoms with van der Waals surface area (Å²) in [7, 11) is 0. The SMILES string of the molecule is O=C(CN1CCC(O)CC1)c1nccs1. The number of aromatic nitrogens is 1. The van der Waals surface area contributed by atoms with Gasteiger partial charge in [-0.15, -0.1) is 11.3 Å². The van der Waals surface area contributed by atoms with Crippen LogP contribution in [0.5, 0.6) is 0 Å². The fraction of sp³-hybridized carbons (Fsp3) is 0.600. The number of aliphatic hydroxyl groups excluding tert-OH is 1. The fourth-order valence-corrected chi connectivity index (χ4v) is 2.28. The molecule has 1 N–H and O–H groups in total. The zero-order valence-corrected chi connectivity index (χ0v) is 9.24. The lowest BCUT2D eigenvalue weighted by Gasteiger charge is -2.28. The minimum Gasteiger partial charge on any atom is -0.393 e. The van der Waals surface area contributed by atoms with Gasteiger partial charge in [0.05, 0.1) is 12.6 Å². The maximum absolute atomic E-state index is 11.7. The first-order chi connectivity index (χ1) is 7.25. The zero-order chi connectivity index (χ0) is 10.7. The molecule has 0 unspecified atom stereocenters. The third kappa shape index (κ3) is 2.84. The topological polar surface area (TPSA) is 53.4 Å². The van der Waals surface area contributed by atoms with E-state index in [1.165, 1.54) is 11.3 Å². The second-order valence-corrected chi connectivity index (χ2v) is 4.66. The third-order valence-electron chi connectivity index (χ3n) is 2.60. The Balaban J connectivity index is 1.85. The Hall–Kier alpha value is -0.780. The Morgan fingerprint density at radius 2 is 2.33 bits per heavy atom. The molecule has 5 heteroatoms. The first kappa shape index (κ1) is 10.7. The van der Waals surface area contributed by atoms with Crippen LogP contribution in [0, 0.1) is 0 Å². The van der Waals surface area contributed by atoms with Crippen molar-refractivity contribution in [2.75, 3.05) is 19.6 Å². The second-order valence-electron chi connectivity index (χ2n) is 3.77. The summed E-state index contributed by atoms with van der Waals surface area (Å²) >= 11 is 1.38. The highest BCUT2D eigenvalue weighted by Gasteiger charge is 2.20. The highest BCUT2D eigenvalue weighted by Crippen LogP contribution is 2.12. The molecule has 1 fully saturated rings. The number of likely N-dealkylation sites (tertiary alicyclic amines) is 1. The molecule has 0 saturated carbocycles. The van der Waals surface area contributed by atoms with Crippen molar-refractivity contribution in [2.24, 2.45) is 0 Å². The van der Waals surface area contributed by atoms with Gasteiger partial charge in [0.1, 0.15) is 0 Å². The number of carbonyl (C=O) groups excluding carboxylic acids is 1. The van der Waals surface area contributed by atoms with E-state index in [1.54, 1.807) is 6.20 Å². The molecular weight excluding hydrogens is 212 g/mol. The molecule has 1 aliphatic heterocycles. The minimum atomic E-state index is -0.184. The molecule has 1 aliphatic rings. The van der Waals surface area contributed by atoms with Gasteiger partial charge in [0, 0.05) is 24.7 Å². The van der Waals surface area contributed by atoms with E-state index in [0.717, 1.165) is 25.9 Å². The van der Waals surface area contributed by atoms with E-state index in [2.05, 4.69) is 9.88 Å². The first-order valence-corrected chi connectivity index (χ1v) is 5.97. The summed E-state index contributed by atoms with van der Waals surface area (Å²) in [5.74, 6) is 0.0846. The van der Waals surface area contributed by atoms with Gasteiger partial charge >= 0.3 is 0 Å². The number of carbonyl (C=O) groups is 1. The fourth-order valence-electron chi connectivity index (χ4n) is 1.71. The lowest BCUT2D eigenvalue weighted by Crippen LogP contribution is -2.38. The van der Waals surface area contributed by atoms with Crippen molar-refractivity contribution < 1.29 is 9.90 Å². The Morgan fingerprint density at radius 1 is 1.60 bits per heavy atom. The van der Waals surface area contributed by atoms with Gasteiger partial charge in [0.2, 0.25) is 5.78 Å². The molecule has 82 valence electrons. The molecule has 0 bridgehead atoms.